The molecule has 0 saturated heterocycles. The van der Waals surface area contributed by atoms with Gasteiger partial charge in [0.25, 0.3) is 0 Å². The van der Waals surface area contributed by atoms with Gasteiger partial charge in [0.1, 0.15) is 0 Å². The zero-order chi connectivity index (χ0) is 13.5. The van der Waals surface area contributed by atoms with Crippen LogP contribution in [0.5, 0.6) is 0 Å². The van der Waals surface area contributed by atoms with Crippen molar-refractivity contribution in [1.29, 1.82) is 0 Å². The van der Waals surface area contributed by atoms with Gasteiger partial charge in [-0.1, -0.05) is 0 Å². The molecule has 0 aromatic heterocycles. The minimum atomic E-state index is -5.62. The second-order valence-corrected chi connectivity index (χ2v) is 4.34. The van der Waals surface area contributed by atoms with E-state index in [2.05, 4.69) is 0 Å². The van der Waals surface area contributed by atoms with E-state index in [1.54, 1.807) is 0 Å². The fraction of sp³-hybridized carbons (Fsp3) is 0. The van der Waals surface area contributed by atoms with Crippen LogP contribution in [-0.2, 0) is 76.4 Å². The van der Waals surface area contributed by atoms with Crippen LogP contribution in [0.2, 0.25) is 0 Å². The van der Waals surface area contributed by atoms with Gasteiger partial charge < -0.3 is 9.11 Å². The Morgan fingerprint density at radius 1 is 0.667 bits per heavy atom. The van der Waals surface area contributed by atoms with Gasteiger partial charge >= 0.3 is 177 Å². The van der Waals surface area contributed by atoms with Crippen molar-refractivity contribution in [3.8, 4) is 0 Å². The van der Waals surface area contributed by atoms with Crippen LogP contribution >= 0.6 is 0 Å². The molecule has 0 aliphatic rings. The zero-order valence-corrected chi connectivity index (χ0v) is 18.7. The minimum absolute atomic E-state index is 0. The van der Waals surface area contributed by atoms with Gasteiger partial charge in [0.2, 0.25) is 0 Å². The molecule has 0 N–H and O–H groups in total. The van der Waals surface area contributed by atoms with E-state index in [-0.39, 0.29) is 120 Å². The van der Waals surface area contributed by atoms with Crippen LogP contribution < -0.4 is 111 Å². The first-order valence-electron chi connectivity index (χ1n) is 1.90. The molecule has 0 saturated carbocycles. The van der Waals surface area contributed by atoms with Gasteiger partial charge in [-0.15, -0.1) is 0 Å². The van der Waals surface area contributed by atoms with Gasteiger partial charge in [-0.3, -0.25) is 8.42 Å². The summed E-state index contributed by atoms with van der Waals surface area (Å²) in [4.78, 5) is 0. The van der Waals surface area contributed by atoms with E-state index in [9.17, 15) is 0 Å². The van der Waals surface area contributed by atoms with Crippen LogP contribution in [0.4, 0.5) is 0 Å². The third kappa shape index (κ3) is 563. The molecule has 0 unspecified atom stereocenters. The van der Waals surface area contributed by atoms with Crippen molar-refractivity contribution in [1.82, 2.24) is 0 Å². The summed E-state index contributed by atoms with van der Waals surface area (Å²) in [5.74, 6) is 0. The standard InChI is InChI=1S/Cu.2K.2Mn.H2O4S.8O/c;;;;;1-5(2,3)4;;;;;;;;/h;;;;;(H2,1,2,3,4);;;;;;;;/q+2;2*+1;;;;;;;;;;2*-1/p-2. The van der Waals surface area contributed by atoms with E-state index < -0.39 is 36.3 Å². The number of rotatable bonds is 0. The molecule has 0 fully saturated rings. The van der Waals surface area contributed by atoms with Crippen molar-refractivity contribution in [2.75, 3.05) is 0 Å². The Labute approximate surface area is 200 Å². The SMILES string of the molecule is O=S(=O)([O-])[O-].[Cu+2].[K+].[K+].[O]=[Mn](=[O])(=[O])[O-].[O]=[Mn](=[O])(=[O])[O-]. The number of hydrogen-bond acceptors (Lipinski definition) is 12. The van der Waals surface area contributed by atoms with Crippen LogP contribution in [0.15, 0.2) is 0 Å². The first-order chi connectivity index (χ1) is 6.00. The molecule has 0 amide bonds. The summed E-state index contributed by atoms with van der Waals surface area (Å²) in [6.45, 7) is 0. The Morgan fingerprint density at radius 3 is 0.667 bits per heavy atom. The Bertz CT molecular complexity index is 490. The van der Waals surface area contributed by atoms with Crippen LogP contribution in [-0.4, -0.2) is 17.5 Å². The van der Waals surface area contributed by atoms with Crippen molar-refractivity contribution in [2.24, 2.45) is 0 Å². The Kier molecular flexibility index (Phi) is 35.0. The molecule has 0 aromatic carbocycles. The summed E-state index contributed by atoms with van der Waals surface area (Å²) < 4.78 is 103. The first-order valence-corrected chi connectivity index (χ1v) is 7.09. The molecule has 0 aliphatic heterocycles. The molecule has 105 valence electrons. The molecule has 1 radical (unpaired) electrons. The maximum atomic E-state index is 8.58. The molecule has 0 atom stereocenters. The predicted octanol–water partition coefficient (Wildman–Crippen LogP) is -10.4. The Hall–Kier alpha value is 3.42. The fourth-order valence-corrected chi connectivity index (χ4v) is 0. The monoisotopic (exact) mass is 475 g/mol. The van der Waals surface area contributed by atoms with E-state index in [1.807, 2.05) is 0 Å². The topological polar surface area (TPSA) is 229 Å². The normalized spacial score (nSPS) is 9.56. The van der Waals surface area contributed by atoms with Crippen molar-refractivity contribution in [3.05, 3.63) is 0 Å². The zero-order valence-electron chi connectivity index (χ0n) is 8.36. The van der Waals surface area contributed by atoms with Gasteiger partial charge in [-0.2, -0.15) is 0 Å². The first kappa shape index (κ1) is 37.6. The van der Waals surface area contributed by atoms with Crippen LogP contribution in [0.25, 0.3) is 0 Å². The summed E-state index contributed by atoms with van der Waals surface area (Å²) in [6.07, 6.45) is 0. The van der Waals surface area contributed by atoms with Crippen molar-refractivity contribution in [3.63, 3.8) is 0 Å². The van der Waals surface area contributed by atoms with Crippen molar-refractivity contribution < 1.29 is 195 Å². The molecular weight excluding hydrogens is 476 g/mol. The van der Waals surface area contributed by atoms with Crippen molar-refractivity contribution in [2.45, 2.75) is 0 Å². The molecule has 0 aliphatic carbocycles. The quantitative estimate of drug-likeness (QED) is 0.180. The van der Waals surface area contributed by atoms with Crippen LogP contribution in [0.1, 0.15) is 0 Å². The molecule has 0 rings (SSSR count). The van der Waals surface area contributed by atoms with Gasteiger partial charge in [0.05, 0.1) is 0 Å². The van der Waals surface area contributed by atoms with E-state index in [1.165, 1.54) is 0 Å². The van der Waals surface area contributed by atoms with Crippen LogP contribution in [0.3, 0.4) is 0 Å². The summed E-state index contributed by atoms with van der Waals surface area (Å²) in [5.41, 5.74) is 0. The van der Waals surface area contributed by atoms with Gasteiger partial charge in [0, 0.05) is 10.4 Å². The molecule has 12 nitrogen and oxygen atoms in total. The summed E-state index contributed by atoms with van der Waals surface area (Å²) >= 11 is -11.2. The Morgan fingerprint density at radius 2 is 0.667 bits per heavy atom. The average molecular weight is 476 g/mol. The maximum absolute atomic E-state index is 8.58. The Balaban J connectivity index is -0.0000000277. The van der Waals surface area contributed by atoms with Gasteiger partial charge in [0.15, 0.2) is 0 Å². The van der Waals surface area contributed by atoms with E-state index in [4.69, 9.17) is 48.9 Å². The molecule has 0 spiro atoms. The van der Waals surface area contributed by atoms with Gasteiger partial charge in [-0.05, 0) is 0 Å². The fourth-order valence-electron chi connectivity index (χ4n) is 0. The van der Waals surface area contributed by atoms with Gasteiger partial charge in [-0.25, -0.2) is 0 Å². The van der Waals surface area contributed by atoms with E-state index >= 15 is 0 Å². The van der Waals surface area contributed by atoms with Crippen molar-refractivity contribution >= 4 is 10.4 Å². The number of hydrogen-bond donors (Lipinski definition) is 0. The average Bonchev–Trinajstić information content (AvgIpc) is 1.41. The third-order valence-corrected chi connectivity index (χ3v) is 0. The predicted molar refractivity (Wildman–Crippen MR) is 14.6 cm³/mol. The molecule has 0 bridgehead atoms. The molecule has 18 heteroatoms. The van der Waals surface area contributed by atoms with E-state index in [0.29, 0.717) is 0 Å². The molecule has 18 heavy (non-hydrogen) atoms. The molecular formula is CuK2Mn2O12S. The summed E-state index contributed by atoms with van der Waals surface area (Å²) in [7, 11) is -5.17. The summed E-state index contributed by atoms with van der Waals surface area (Å²) in [6, 6.07) is 0. The molecule has 0 heterocycles. The third-order valence-electron chi connectivity index (χ3n) is 0. The molecule has 0 aromatic rings. The van der Waals surface area contributed by atoms with E-state index in [0.717, 1.165) is 0 Å². The second kappa shape index (κ2) is 16.8. The van der Waals surface area contributed by atoms with Crippen LogP contribution in [0, 0.1) is 0 Å². The second-order valence-electron chi connectivity index (χ2n) is 1.16. The summed E-state index contributed by atoms with van der Waals surface area (Å²) in [5, 5.41) is 0.